The monoisotopic (exact) mass is 314 g/mol. The van der Waals surface area contributed by atoms with Crippen LogP contribution in [0, 0.1) is 0 Å². The number of halogens is 3. The molecule has 3 nitrogen and oxygen atoms in total. The zero-order valence-corrected chi connectivity index (χ0v) is 12.2. The van der Waals surface area contributed by atoms with E-state index in [0.29, 0.717) is 11.3 Å². The van der Waals surface area contributed by atoms with E-state index in [1.165, 1.54) is 7.11 Å². The van der Waals surface area contributed by atoms with Crippen molar-refractivity contribution in [2.75, 3.05) is 13.7 Å². The molecule has 0 N–H and O–H groups in total. The Morgan fingerprint density at radius 2 is 2.09 bits per heavy atom. The van der Waals surface area contributed by atoms with Gasteiger partial charge in [0.05, 0.1) is 25.7 Å². The lowest BCUT2D eigenvalue weighted by atomic mass is 10.0. The summed E-state index contributed by atoms with van der Waals surface area (Å²) in [7, 11) is 1.31. The van der Waals surface area contributed by atoms with E-state index < -0.39 is 25.2 Å². The van der Waals surface area contributed by atoms with Crippen LogP contribution < -0.4 is 0 Å². The Morgan fingerprint density at radius 1 is 1.32 bits per heavy atom. The number of carbonyl (C=O) groups is 1. The Balaban J connectivity index is 2.17. The minimum absolute atomic E-state index is 0.409. The van der Waals surface area contributed by atoms with E-state index in [4.69, 9.17) is 4.74 Å². The molecule has 0 unspecified atom stereocenters. The molecule has 0 fully saturated rings. The Labute approximate surface area is 126 Å². The highest BCUT2D eigenvalue weighted by Gasteiger charge is 2.27. The maximum absolute atomic E-state index is 12.2. The number of benzene rings is 1. The van der Waals surface area contributed by atoms with E-state index in [1.807, 2.05) is 0 Å². The normalized spacial score (nSPS) is 14.6. The predicted octanol–water partition coefficient (Wildman–Crippen LogP) is 4.12. The van der Waals surface area contributed by atoms with Gasteiger partial charge in [-0.05, 0) is 43.0 Å². The van der Waals surface area contributed by atoms with E-state index in [-0.39, 0.29) is 0 Å². The van der Waals surface area contributed by atoms with E-state index in [1.54, 1.807) is 24.3 Å². The zero-order valence-electron chi connectivity index (χ0n) is 12.2. The number of alkyl halides is 3. The van der Waals surface area contributed by atoms with Crippen LogP contribution in [0.15, 0.2) is 24.3 Å². The number of hydrogen-bond donors (Lipinski definition) is 0. The molecule has 0 atom stereocenters. The molecule has 0 spiro atoms. The van der Waals surface area contributed by atoms with Gasteiger partial charge in [0.1, 0.15) is 5.76 Å². The van der Waals surface area contributed by atoms with Crippen molar-refractivity contribution in [3.8, 4) is 0 Å². The number of rotatable bonds is 4. The van der Waals surface area contributed by atoms with Gasteiger partial charge in [-0.15, -0.1) is 0 Å². The molecular formula is C16H17F3O3. The maximum atomic E-state index is 12.2. The Bertz CT molecular complexity index is 576. The lowest BCUT2D eigenvalue weighted by Crippen LogP contribution is -2.11. The molecule has 0 aromatic heterocycles. The number of allylic oxidation sites excluding steroid dienone is 1. The van der Waals surface area contributed by atoms with E-state index in [9.17, 15) is 18.0 Å². The van der Waals surface area contributed by atoms with Crippen LogP contribution in [0.3, 0.4) is 0 Å². The molecule has 6 heteroatoms. The third-order valence-electron chi connectivity index (χ3n) is 3.41. The molecule has 0 bridgehead atoms. The number of hydrogen-bond acceptors (Lipinski definition) is 3. The Kier molecular flexibility index (Phi) is 5.11. The van der Waals surface area contributed by atoms with Crippen LogP contribution in [0.5, 0.6) is 0 Å². The van der Waals surface area contributed by atoms with Crippen LogP contribution in [-0.2, 0) is 15.9 Å². The van der Waals surface area contributed by atoms with Crippen LogP contribution in [-0.4, -0.2) is 25.9 Å². The third-order valence-corrected chi connectivity index (χ3v) is 3.41. The lowest BCUT2D eigenvalue weighted by Gasteiger charge is -2.14. The fourth-order valence-corrected chi connectivity index (χ4v) is 2.33. The molecule has 0 amide bonds. The number of fused-ring (bicyclic) bond motifs is 1. The molecular weight excluding hydrogens is 297 g/mol. The summed E-state index contributed by atoms with van der Waals surface area (Å²) in [6.45, 7) is -0.409. The second-order valence-electron chi connectivity index (χ2n) is 5.04. The first-order chi connectivity index (χ1) is 10.4. The van der Waals surface area contributed by atoms with Gasteiger partial charge in [0.25, 0.3) is 0 Å². The average Bonchev–Trinajstić information content (AvgIpc) is 2.67. The van der Waals surface area contributed by atoms with E-state index in [2.05, 4.69) is 4.74 Å². The van der Waals surface area contributed by atoms with Gasteiger partial charge in [-0.3, -0.25) is 0 Å². The molecule has 0 heterocycles. The zero-order chi connectivity index (χ0) is 16.2. The fraction of sp³-hybridized carbons (Fsp3) is 0.438. The van der Waals surface area contributed by atoms with Crippen molar-refractivity contribution in [1.29, 1.82) is 0 Å². The lowest BCUT2D eigenvalue weighted by molar-refractivity contribution is -0.140. The summed E-state index contributed by atoms with van der Waals surface area (Å²) in [6.07, 6.45) is -1.10. The first kappa shape index (κ1) is 16.4. The fourth-order valence-electron chi connectivity index (χ4n) is 2.33. The summed E-state index contributed by atoms with van der Waals surface area (Å²) in [6, 6.07) is 5.01. The van der Waals surface area contributed by atoms with Crippen molar-refractivity contribution in [3.05, 3.63) is 41.0 Å². The SMILES string of the molecule is COC(=O)c1ccc2c(c1)CCCC=C2OCCC(F)(F)F. The molecule has 0 saturated carbocycles. The maximum Gasteiger partial charge on any atom is 0.392 e. The standard InChI is InChI=1S/C16H17F3O3/c1-21-15(20)12-6-7-13-11(10-12)4-2-3-5-14(13)22-9-8-16(17,18)19/h5-7,10H,2-4,8-9H2,1H3. The van der Waals surface area contributed by atoms with E-state index in [0.717, 1.165) is 30.4 Å². The molecule has 22 heavy (non-hydrogen) atoms. The van der Waals surface area contributed by atoms with Crippen molar-refractivity contribution in [1.82, 2.24) is 0 Å². The van der Waals surface area contributed by atoms with Gasteiger partial charge < -0.3 is 9.47 Å². The van der Waals surface area contributed by atoms with Gasteiger partial charge in [-0.25, -0.2) is 4.79 Å². The summed E-state index contributed by atoms with van der Waals surface area (Å²) in [5.41, 5.74) is 2.06. The molecule has 1 aromatic rings. The topological polar surface area (TPSA) is 35.5 Å². The second-order valence-corrected chi connectivity index (χ2v) is 5.04. The van der Waals surface area contributed by atoms with Crippen molar-refractivity contribution in [2.24, 2.45) is 0 Å². The third kappa shape index (κ3) is 4.26. The van der Waals surface area contributed by atoms with Crippen molar-refractivity contribution < 1.29 is 27.4 Å². The highest BCUT2D eigenvalue weighted by atomic mass is 19.4. The highest BCUT2D eigenvalue weighted by Crippen LogP contribution is 2.29. The molecule has 0 saturated heterocycles. The predicted molar refractivity (Wildman–Crippen MR) is 75.3 cm³/mol. The number of ether oxygens (including phenoxy) is 2. The van der Waals surface area contributed by atoms with Gasteiger partial charge in [-0.2, -0.15) is 13.2 Å². The van der Waals surface area contributed by atoms with Gasteiger partial charge in [0, 0.05) is 5.56 Å². The number of aryl methyl sites for hydroxylation is 1. The molecule has 0 radical (unpaired) electrons. The molecule has 1 aliphatic carbocycles. The highest BCUT2D eigenvalue weighted by molar-refractivity contribution is 5.90. The first-order valence-corrected chi connectivity index (χ1v) is 7.02. The molecule has 0 aliphatic heterocycles. The average molecular weight is 314 g/mol. The quantitative estimate of drug-likeness (QED) is 0.784. The summed E-state index contributed by atoms with van der Waals surface area (Å²) in [4.78, 5) is 11.6. The molecule has 120 valence electrons. The molecule has 2 rings (SSSR count). The van der Waals surface area contributed by atoms with Gasteiger partial charge >= 0.3 is 12.1 Å². The first-order valence-electron chi connectivity index (χ1n) is 7.02. The van der Waals surface area contributed by atoms with E-state index >= 15 is 0 Å². The van der Waals surface area contributed by atoms with Crippen molar-refractivity contribution >= 4 is 11.7 Å². The largest absolute Gasteiger partial charge is 0.493 e. The number of methoxy groups -OCH3 is 1. The second kappa shape index (κ2) is 6.85. The summed E-state index contributed by atoms with van der Waals surface area (Å²) < 4.78 is 46.6. The molecule has 1 aliphatic rings. The van der Waals surface area contributed by atoms with Gasteiger partial charge in [0.2, 0.25) is 0 Å². The minimum atomic E-state index is -4.23. The van der Waals surface area contributed by atoms with Crippen LogP contribution in [0.25, 0.3) is 5.76 Å². The van der Waals surface area contributed by atoms with Crippen molar-refractivity contribution in [3.63, 3.8) is 0 Å². The van der Waals surface area contributed by atoms with Gasteiger partial charge in [-0.1, -0.05) is 6.07 Å². The van der Waals surface area contributed by atoms with Crippen LogP contribution >= 0.6 is 0 Å². The Hall–Kier alpha value is -1.98. The van der Waals surface area contributed by atoms with Crippen LogP contribution in [0.2, 0.25) is 0 Å². The summed E-state index contributed by atoms with van der Waals surface area (Å²) in [5, 5.41) is 0. The molecule has 1 aromatic carbocycles. The number of esters is 1. The number of carbonyl (C=O) groups excluding carboxylic acids is 1. The van der Waals surface area contributed by atoms with Crippen molar-refractivity contribution in [2.45, 2.75) is 31.9 Å². The smallest absolute Gasteiger partial charge is 0.392 e. The van der Waals surface area contributed by atoms with Crippen LogP contribution in [0.1, 0.15) is 40.7 Å². The van der Waals surface area contributed by atoms with Crippen LogP contribution in [0.4, 0.5) is 13.2 Å². The van der Waals surface area contributed by atoms with Gasteiger partial charge in [0.15, 0.2) is 0 Å². The summed E-state index contributed by atoms with van der Waals surface area (Å²) >= 11 is 0. The summed E-state index contributed by atoms with van der Waals surface area (Å²) in [5.74, 6) is 0.0173. The Morgan fingerprint density at radius 3 is 2.77 bits per heavy atom. The minimum Gasteiger partial charge on any atom is -0.493 e.